The van der Waals surface area contributed by atoms with E-state index in [0.717, 1.165) is 23.3 Å². The molecule has 0 unspecified atom stereocenters. The molecule has 0 fully saturated rings. The number of amides is 2. The molecule has 1 N–H and O–H groups in total. The van der Waals surface area contributed by atoms with Crippen LogP contribution in [0.25, 0.3) is 0 Å². The van der Waals surface area contributed by atoms with Crippen LogP contribution in [-0.2, 0) is 6.42 Å². The summed E-state index contributed by atoms with van der Waals surface area (Å²) in [5.41, 5.74) is 1.98. The summed E-state index contributed by atoms with van der Waals surface area (Å²) in [6.45, 7) is 0. The third-order valence-corrected chi connectivity index (χ3v) is 4.11. The molecule has 0 radical (unpaired) electrons. The van der Waals surface area contributed by atoms with E-state index in [1.165, 1.54) is 23.1 Å². The summed E-state index contributed by atoms with van der Waals surface area (Å²) < 4.78 is 39.3. The summed E-state index contributed by atoms with van der Waals surface area (Å²) in [5.74, 6) is -2.28. The van der Waals surface area contributed by atoms with Gasteiger partial charge >= 0.3 is 6.03 Å². The summed E-state index contributed by atoms with van der Waals surface area (Å²) >= 11 is 0. The summed E-state index contributed by atoms with van der Waals surface area (Å²) in [5, 5.41) is 2.54. The van der Waals surface area contributed by atoms with Crippen LogP contribution in [0.5, 0.6) is 0 Å². The lowest BCUT2D eigenvalue weighted by Gasteiger charge is -2.25. The number of anilines is 1. The minimum atomic E-state index is -1.02. The van der Waals surface area contributed by atoms with Crippen LogP contribution in [0.1, 0.15) is 23.6 Å². The molecular weight excluding hydrogens is 305 g/mol. The van der Waals surface area contributed by atoms with Crippen LogP contribution in [0.2, 0.25) is 0 Å². The number of carbonyl (C=O) groups excluding carboxylic acids is 1. The van der Waals surface area contributed by atoms with Gasteiger partial charge in [-0.05, 0) is 48.2 Å². The summed E-state index contributed by atoms with van der Waals surface area (Å²) in [6.07, 6.45) is 1.39. The van der Waals surface area contributed by atoms with Gasteiger partial charge in [0, 0.05) is 18.8 Å². The second-order valence-corrected chi connectivity index (χ2v) is 5.57. The van der Waals surface area contributed by atoms with E-state index in [4.69, 9.17) is 0 Å². The number of rotatable bonds is 2. The van der Waals surface area contributed by atoms with Crippen molar-refractivity contribution in [3.05, 3.63) is 65.0 Å². The van der Waals surface area contributed by atoms with Gasteiger partial charge in [0.05, 0.1) is 6.04 Å². The molecule has 2 amide bonds. The number of halogens is 3. The van der Waals surface area contributed by atoms with Crippen LogP contribution >= 0.6 is 0 Å². The van der Waals surface area contributed by atoms with Crippen molar-refractivity contribution in [2.45, 2.75) is 18.9 Å². The number of nitrogens with zero attached hydrogens (tertiary/aromatic N) is 1. The monoisotopic (exact) mass is 320 g/mol. The molecule has 0 bridgehead atoms. The van der Waals surface area contributed by atoms with E-state index in [-0.39, 0.29) is 17.5 Å². The minimum Gasteiger partial charge on any atom is -0.321 e. The van der Waals surface area contributed by atoms with Crippen LogP contribution in [0, 0.1) is 17.5 Å². The van der Waals surface area contributed by atoms with Crippen LogP contribution in [0.4, 0.5) is 23.7 Å². The zero-order valence-corrected chi connectivity index (χ0v) is 12.4. The quantitative estimate of drug-likeness (QED) is 0.881. The number of hydrogen-bond donors (Lipinski definition) is 1. The molecule has 3 nitrogen and oxygen atoms in total. The van der Waals surface area contributed by atoms with Gasteiger partial charge in [-0.2, -0.15) is 0 Å². The van der Waals surface area contributed by atoms with E-state index >= 15 is 0 Å². The van der Waals surface area contributed by atoms with E-state index in [0.29, 0.717) is 12.8 Å². The van der Waals surface area contributed by atoms with Crippen molar-refractivity contribution in [1.82, 2.24) is 4.90 Å². The van der Waals surface area contributed by atoms with E-state index in [1.54, 1.807) is 13.1 Å². The SMILES string of the molecule is CN(C(=O)Nc1ccc(F)c(F)c1)[C@H]1CCc2cc(F)ccc21. The second-order valence-electron chi connectivity index (χ2n) is 5.57. The lowest BCUT2D eigenvalue weighted by Crippen LogP contribution is -2.34. The molecule has 2 aromatic rings. The summed E-state index contributed by atoms with van der Waals surface area (Å²) in [7, 11) is 1.62. The van der Waals surface area contributed by atoms with Gasteiger partial charge in [-0.1, -0.05) is 6.07 Å². The fraction of sp³-hybridized carbons (Fsp3) is 0.235. The van der Waals surface area contributed by atoms with E-state index in [9.17, 15) is 18.0 Å². The lowest BCUT2D eigenvalue weighted by molar-refractivity contribution is 0.204. The number of hydrogen-bond acceptors (Lipinski definition) is 1. The third kappa shape index (κ3) is 3.02. The Balaban J connectivity index is 1.75. The standard InChI is InChI=1S/C17H15F3N2O/c1-22(16-7-2-10-8-11(18)3-5-13(10)16)17(23)21-12-4-6-14(19)15(20)9-12/h3-6,8-9,16H,2,7H2,1H3,(H,21,23)/t16-/m0/s1. The van der Waals surface area contributed by atoms with Crippen molar-refractivity contribution in [3.63, 3.8) is 0 Å². The average Bonchev–Trinajstić information content (AvgIpc) is 2.93. The Morgan fingerprint density at radius 2 is 1.91 bits per heavy atom. The Hall–Kier alpha value is -2.50. The molecule has 0 saturated heterocycles. The first-order valence-electron chi connectivity index (χ1n) is 7.23. The Bertz CT molecular complexity index is 763. The van der Waals surface area contributed by atoms with Crippen LogP contribution in [0.3, 0.4) is 0 Å². The number of benzene rings is 2. The number of nitrogens with one attached hydrogen (secondary N) is 1. The fourth-order valence-corrected chi connectivity index (χ4v) is 2.89. The van der Waals surface area contributed by atoms with Gasteiger partial charge in [0.1, 0.15) is 5.82 Å². The largest absolute Gasteiger partial charge is 0.322 e. The molecule has 1 aliphatic carbocycles. The van der Waals surface area contributed by atoms with Crippen molar-refractivity contribution < 1.29 is 18.0 Å². The van der Waals surface area contributed by atoms with Gasteiger partial charge in [-0.3, -0.25) is 0 Å². The van der Waals surface area contributed by atoms with Crippen molar-refractivity contribution in [2.24, 2.45) is 0 Å². The van der Waals surface area contributed by atoms with Gasteiger partial charge in [0.2, 0.25) is 0 Å². The number of urea groups is 1. The second kappa shape index (κ2) is 5.95. The van der Waals surface area contributed by atoms with Crippen molar-refractivity contribution in [1.29, 1.82) is 0 Å². The highest BCUT2D eigenvalue weighted by Crippen LogP contribution is 2.35. The fourth-order valence-electron chi connectivity index (χ4n) is 2.89. The van der Waals surface area contributed by atoms with Crippen molar-refractivity contribution >= 4 is 11.7 Å². The Morgan fingerprint density at radius 1 is 1.13 bits per heavy atom. The Labute approximate surface area is 131 Å². The third-order valence-electron chi connectivity index (χ3n) is 4.11. The van der Waals surface area contributed by atoms with E-state index in [1.807, 2.05) is 0 Å². The molecule has 0 aliphatic heterocycles. The van der Waals surface area contributed by atoms with Crippen LogP contribution in [-0.4, -0.2) is 18.0 Å². The summed E-state index contributed by atoms with van der Waals surface area (Å²) in [4.78, 5) is 13.8. The molecule has 0 heterocycles. The van der Waals surface area contributed by atoms with Gasteiger partial charge in [-0.15, -0.1) is 0 Å². The topological polar surface area (TPSA) is 32.3 Å². The van der Waals surface area contributed by atoms with Gasteiger partial charge in [0.25, 0.3) is 0 Å². The zero-order chi connectivity index (χ0) is 16.6. The van der Waals surface area contributed by atoms with Crippen LogP contribution < -0.4 is 5.32 Å². The highest BCUT2D eigenvalue weighted by Gasteiger charge is 2.29. The lowest BCUT2D eigenvalue weighted by atomic mass is 10.1. The smallest absolute Gasteiger partial charge is 0.321 e. The molecule has 1 aliphatic rings. The van der Waals surface area contributed by atoms with Gasteiger partial charge in [-0.25, -0.2) is 18.0 Å². The molecular formula is C17H15F3N2O. The number of aryl methyl sites for hydroxylation is 1. The first-order chi connectivity index (χ1) is 11.0. The van der Waals surface area contributed by atoms with Crippen LogP contribution in [0.15, 0.2) is 36.4 Å². The van der Waals surface area contributed by atoms with E-state index in [2.05, 4.69) is 5.32 Å². The molecule has 2 aromatic carbocycles. The maximum Gasteiger partial charge on any atom is 0.322 e. The summed E-state index contributed by atoms with van der Waals surface area (Å²) in [6, 6.07) is 7.12. The van der Waals surface area contributed by atoms with E-state index < -0.39 is 17.7 Å². The average molecular weight is 320 g/mol. The number of fused-ring (bicyclic) bond motifs is 1. The van der Waals surface area contributed by atoms with Crippen molar-refractivity contribution in [3.8, 4) is 0 Å². The normalized spacial score (nSPS) is 16.1. The Morgan fingerprint density at radius 3 is 2.65 bits per heavy atom. The molecule has 0 spiro atoms. The molecule has 120 valence electrons. The first-order valence-corrected chi connectivity index (χ1v) is 7.23. The molecule has 0 aromatic heterocycles. The minimum absolute atomic E-state index is 0.170. The highest BCUT2D eigenvalue weighted by molar-refractivity contribution is 5.89. The number of carbonyl (C=O) groups is 1. The molecule has 0 saturated carbocycles. The van der Waals surface area contributed by atoms with Crippen molar-refractivity contribution in [2.75, 3.05) is 12.4 Å². The Kier molecular flexibility index (Phi) is 3.98. The molecule has 3 rings (SSSR count). The predicted molar refractivity (Wildman–Crippen MR) is 80.6 cm³/mol. The first kappa shape index (κ1) is 15.4. The zero-order valence-electron chi connectivity index (χ0n) is 12.4. The maximum absolute atomic E-state index is 13.2. The predicted octanol–water partition coefficient (Wildman–Crippen LogP) is 4.26. The molecule has 6 heteroatoms. The highest BCUT2D eigenvalue weighted by atomic mass is 19.2. The van der Waals surface area contributed by atoms with Gasteiger partial charge < -0.3 is 10.2 Å². The molecule has 1 atom stereocenters. The van der Waals surface area contributed by atoms with Gasteiger partial charge in [0.15, 0.2) is 11.6 Å². The maximum atomic E-state index is 13.2. The molecule has 23 heavy (non-hydrogen) atoms.